The van der Waals surface area contributed by atoms with Gasteiger partial charge in [-0.1, -0.05) is 53.8 Å². The van der Waals surface area contributed by atoms with Crippen LogP contribution in [-0.4, -0.2) is 43.3 Å². The van der Waals surface area contributed by atoms with Crippen molar-refractivity contribution in [3.63, 3.8) is 0 Å². The smallest absolute Gasteiger partial charge is 0.355 e. The van der Waals surface area contributed by atoms with Crippen LogP contribution >= 0.6 is 11.3 Å². The average Bonchev–Trinajstić information content (AvgIpc) is 3.68. The standard InChI is InChI=1S/C32H24N6O3S/c39-30(36-32-34-26-11-4-5-12-27(26)42-32)24-10-6-7-20-15-16-37(19-25(20)24)28-14-13-23(29(35-28)31(40)41)21-17-33-38(18-21)22-8-2-1-3-9-22/h1-14,17-18H,15-16,19H2,(H,40,41)(H,34,36,39). The summed E-state index contributed by atoms with van der Waals surface area (Å²) in [4.78, 5) is 36.8. The van der Waals surface area contributed by atoms with E-state index in [1.165, 1.54) is 11.3 Å². The molecule has 42 heavy (non-hydrogen) atoms. The second-order valence-corrected chi connectivity index (χ2v) is 11.0. The lowest BCUT2D eigenvalue weighted by molar-refractivity contribution is 0.0691. The topological polar surface area (TPSA) is 113 Å². The molecule has 0 atom stereocenters. The van der Waals surface area contributed by atoms with Gasteiger partial charge in [0.1, 0.15) is 5.82 Å². The van der Waals surface area contributed by atoms with Crippen LogP contribution in [0.1, 0.15) is 32.0 Å². The fraction of sp³-hybridized carbons (Fsp3) is 0.0938. The van der Waals surface area contributed by atoms with Crippen molar-refractivity contribution >= 4 is 44.4 Å². The third kappa shape index (κ3) is 4.77. The number of fused-ring (bicyclic) bond motifs is 2. The highest BCUT2D eigenvalue weighted by molar-refractivity contribution is 7.22. The highest BCUT2D eigenvalue weighted by atomic mass is 32.1. The Morgan fingerprint density at radius 2 is 1.74 bits per heavy atom. The molecule has 206 valence electrons. The van der Waals surface area contributed by atoms with Gasteiger partial charge in [0.25, 0.3) is 5.91 Å². The molecule has 0 radical (unpaired) electrons. The predicted molar refractivity (Wildman–Crippen MR) is 163 cm³/mol. The van der Waals surface area contributed by atoms with Crippen molar-refractivity contribution < 1.29 is 14.7 Å². The fourth-order valence-corrected chi connectivity index (χ4v) is 6.14. The summed E-state index contributed by atoms with van der Waals surface area (Å²) in [5, 5.41) is 18.0. The summed E-state index contributed by atoms with van der Waals surface area (Å²) in [6.45, 7) is 1.07. The number of aromatic carboxylic acids is 1. The number of amides is 1. The van der Waals surface area contributed by atoms with E-state index in [4.69, 9.17) is 0 Å². The van der Waals surface area contributed by atoms with Gasteiger partial charge in [0.15, 0.2) is 10.8 Å². The van der Waals surface area contributed by atoms with E-state index in [1.54, 1.807) is 23.1 Å². The molecule has 7 rings (SSSR count). The van der Waals surface area contributed by atoms with Crippen molar-refractivity contribution in [1.82, 2.24) is 19.7 Å². The van der Waals surface area contributed by atoms with Gasteiger partial charge in [0.05, 0.1) is 22.1 Å². The van der Waals surface area contributed by atoms with Crippen LogP contribution in [0.15, 0.2) is 97.3 Å². The Morgan fingerprint density at radius 1 is 0.905 bits per heavy atom. The number of para-hydroxylation sites is 2. The van der Waals surface area contributed by atoms with Crippen LogP contribution in [0, 0.1) is 0 Å². The van der Waals surface area contributed by atoms with E-state index in [1.807, 2.05) is 83.8 Å². The molecular formula is C32H24N6O3S. The molecule has 3 aromatic carbocycles. The number of benzene rings is 3. The van der Waals surface area contributed by atoms with Crippen molar-refractivity contribution in [3.8, 4) is 16.8 Å². The minimum Gasteiger partial charge on any atom is -0.476 e. The van der Waals surface area contributed by atoms with E-state index in [-0.39, 0.29) is 11.6 Å². The first-order valence-corrected chi connectivity index (χ1v) is 14.2. The van der Waals surface area contributed by atoms with Gasteiger partial charge in [-0.2, -0.15) is 5.10 Å². The van der Waals surface area contributed by atoms with Gasteiger partial charge in [-0.3, -0.25) is 10.1 Å². The third-order valence-corrected chi connectivity index (χ3v) is 8.31. The van der Waals surface area contributed by atoms with Gasteiger partial charge in [-0.25, -0.2) is 19.4 Å². The van der Waals surface area contributed by atoms with E-state index in [2.05, 4.69) is 20.4 Å². The molecule has 0 bridgehead atoms. The Bertz CT molecular complexity index is 1930. The number of nitrogens with zero attached hydrogens (tertiary/aromatic N) is 5. The number of rotatable bonds is 6. The van der Waals surface area contributed by atoms with Gasteiger partial charge < -0.3 is 10.0 Å². The quantitative estimate of drug-likeness (QED) is 0.250. The molecule has 0 spiro atoms. The molecule has 0 fully saturated rings. The van der Waals surface area contributed by atoms with Gasteiger partial charge >= 0.3 is 5.97 Å². The highest BCUT2D eigenvalue weighted by Crippen LogP contribution is 2.31. The monoisotopic (exact) mass is 572 g/mol. The summed E-state index contributed by atoms with van der Waals surface area (Å²) in [5.41, 5.74) is 5.37. The van der Waals surface area contributed by atoms with Crippen molar-refractivity contribution in [2.75, 3.05) is 16.8 Å². The van der Waals surface area contributed by atoms with E-state index in [9.17, 15) is 14.7 Å². The van der Waals surface area contributed by atoms with Crippen LogP contribution in [0.5, 0.6) is 0 Å². The Morgan fingerprint density at radius 3 is 2.57 bits per heavy atom. The molecule has 4 heterocycles. The second kappa shape index (κ2) is 10.6. The summed E-state index contributed by atoms with van der Waals surface area (Å²) in [6, 6.07) is 26.7. The number of hydrogen-bond donors (Lipinski definition) is 2. The Hall–Kier alpha value is -5.35. The summed E-state index contributed by atoms with van der Waals surface area (Å²) in [5.74, 6) is -0.802. The number of hydrogen-bond acceptors (Lipinski definition) is 7. The Kier molecular flexibility index (Phi) is 6.44. The lowest BCUT2D eigenvalue weighted by Crippen LogP contribution is -2.33. The molecular weight excluding hydrogens is 548 g/mol. The lowest BCUT2D eigenvalue weighted by atomic mass is 9.94. The number of anilines is 2. The van der Waals surface area contributed by atoms with E-state index in [0.29, 0.717) is 47.2 Å². The van der Waals surface area contributed by atoms with Crippen LogP contribution < -0.4 is 10.2 Å². The van der Waals surface area contributed by atoms with Gasteiger partial charge in [0.2, 0.25) is 0 Å². The molecule has 0 saturated carbocycles. The van der Waals surface area contributed by atoms with Crippen molar-refractivity contribution in [1.29, 1.82) is 0 Å². The van der Waals surface area contributed by atoms with Gasteiger partial charge in [-0.05, 0) is 60.0 Å². The van der Waals surface area contributed by atoms with Crippen molar-refractivity contribution in [2.45, 2.75) is 13.0 Å². The largest absolute Gasteiger partial charge is 0.476 e. The number of carboxylic acid groups (broad SMARTS) is 1. The number of carboxylic acids is 1. The third-order valence-electron chi connectivity index (χ3n) is 7.35. The molecule has 10 heteroatoms. The minimum atomic E-state index is -1.12. The summed E-state index contributed by atoms with van der Waals surface area (Å²) in [6.07, 6.45) is 4.14. The van der Waals surface area contributed by atoms with E-state index >= 15 is 0 Å². The summed E-state index contributed by atoms with van der Waals surface area (Å²) < 4.78 is 2.71. The lowest BCUT2D eigenvalue weighted by Gasteiger charge is -2.31. The number of thiazole rings is 1. The molecule has 1 aliphatic heterocycles. The van der Waals surface area contributed by atoms with Crippen molar-refractivity contribution in [2.24, 2.45) is 0 Å². The maximum absolute atomic E-state index is 13.4. The van der Waals surface area contributed by atoms with Crippen LogP contribution in [-0.2, 0) is 13.0 Å². The average molecular weight is 573 g/mol. The molecule has 3 aromatic heterocycles. The normalized spacial score (nSPS) is 12.7. The molecule has 0 unspecified atom stereocenters. The van der Waals surface area contributed by atoms with Crippen LogP contribution in [0.25, 0.3) is 27.0 Å². The first-order valence-electron chi connectivity index (χ1n) is 13.4. The van der Waals surface area contributed by atoms with Gasteiger partial charge in [-0.15, -0.1) is 0 Å². The molecule has 6 aromatic rings. The first-order chi connectivity index (χ1) is 20.5. The second-order valence-electron chi connectivity index (χ2n) is 9.94. The molecule has 0 aliphatic carbocycles. The number of pyridine rings is 1. The highest BCUT2D eigenvalue weighted by Gasteiger charge is 2.25. The van der Waals surface area contributed by atoms with E-state index in [0.717, 1.165) is 27.0 Å². The zero-order valence-corrected chi connectivity index (χ0v) is 23.1. The Balaban J connectivity index is 1.16. The maximum atomic E-state index is 13.4. The SMILES string of the molecule is O=C(Nc1nc2ccccc2s1)c1cccc2c1CN(c1ccc(-c3cnn(-c4ccccc4)c3)c(C(=O)O)n1)CC2. The zero-order chi connectivity index (χ0) is 28.6. The molecule has 1 aliphatic rings. The first kappa shape index (κ1) is 25.6. The predicted octanol–water partition coefficient (Wildman–Crippen LogP) is 6.06. The van der Waals surface area contributed by atoms with Gasteiger partial charge in [0, 0.05) is 36.0 Å². The Labute approximate surface area is 244 Å². The van der Waals surface area contributed by atoms with Crippen LogP contribution in [0.4, 0.5) is 10.9 Å². The minimum absolute atomic E-state index is 0.0484. The summed E-state index contributed by atoms with van der Waals surface area (Å²) in [7, 11) is 0. The fourth-order valence-electron chi connectivity index (χ4n) is 5.28. The molecule has 2 N–H and O–H groups in total. The maximum Gasteiger partial charge on any atom is 0.355 e. The molecule has 1 amide bonds. The molecule has 0 saturated heterocycles. The number of carbonyl (C=O) groups excluding carboxylic acids is 1. The van der Waals surface area contributed by atoms with Crippen LogP contribution in [0.3, 0.4) is 0 Å². The number of nitrogens with one attached hydrogen (secondary N) is 1. The van der Waals surface area contributed by atoms with Crippen molar-refractivity contribution in [3.05, 3.63) is 120 Å². The molecule has 9 nitrogen and oxygen atoms in total. The van der Waals surface area contributed by atoms with E-state index < -0.39 is 5.97 Å². The number of carbonyl (C=O) groups is 2. The summed E-state index contributed by atoms with van der Waals surface area (Å²) >= 11 is 1.43. The van der Waals surface area contributed by atoms with Crippen LogP contribution in [0.2, 0.25) is 0 Å². The number of aromatic nitrogens is 4. The zero-order valence-electron chi connectivity index (χ0n) is 22.3.